The molecule has 0 radical (unpaired) electrons. The number of rotatable bonds is 7. The number of β-amino-alcohol motifs (C(OH)–C–C–N with tert-alkyl or cyclic N) is 1. The Kier molecular flexibility index (Phi) is 6.45. The van der Waals surface area contributed by atoms with E-state index in [2.05, 4.69) is 15.9 Å². The first-order valence-electron chi connectivity index (χ1n) is 7.47. The van der Waals surface area contributed by atoms with Crippen molar-refractivity contribution in [3.05, 3.63) is 29.8 Å². The van der Waals surface area contributed by atoms with E-state index in [1.807, 2.05) is 25.2 Å². The van der Waals surface area contributed by atoms with Crippen molar-refractivity contribution in [3.63, 3.8) is 0 Å². The zero-order chi connectivity index (χ0) is 15.1. The highest BCUT2D eigenvalue weighted by Crippen LogP contribution is 2.14. The molecule has 1 N–H and O–H groups in total. The summed E-state index contributed by atoms with van der Waals surface area (Å²) < 4.78 is 10.5. The Bertz CT molecular complexity index is 422. The maximum atomic E-state index is 10.2. The molecular formula is C16H26N2O3. The van der Waals surface area contributed by atoms with Gasteiger partial charge < -0.3 is 14.6 Å². The van der Waals surface area contributed by atoms with Gasteiger partial charge >= 0.3 is 0 Å². The van der Waals surface area contributed by atoms with Gasteiger partial charge in [-0.3, -0.25) is 9.80 Å². The largest absolute Gasteiger partial charge is 0.497 e. The van der Waals surface area contributed by atoms with Crippen molar-refractivity contribution < 1.29 is 14.6 Å². The highest BCUT2D eigenvalue weighted by atomic mass is 16.5. The number of likely N-dealkylation sites (N-methyl/N-ethyl adjacent to an activating group) is 1. The van der Waals surface area contributed by atoms with Gasteiger partial charge in [0.25, 0.3) is 0 Å². The molecule has 1 aliphatic heterocycles. The fourth-order valence-electron chi connectivity index (χ4n) is 2.65. The van der Waals surface area contributed by atoms with E-state index in [9.17, 15) is 5.11 Å². The van der Waals surface area contributed by atoms with Crippen LogP contribution in [0.1, 0.15) is 5.56 Å². The van der Waals surface area contributed by atoms with E-state index in [0.717, 1.165) is 38.6 Å². The van der Waals surface area contributed by atoms with Crippen LogP contribution >= 0.6 is 0 Å². The van der Waals surface area contributed by atoms with Gasteiger partial charge in [0.15, 0.2) is 0 Å². The van der Waals surface area contributed by atoms with Crippen molar-refractivity contribution in [2.45, 2.75) is 12.6 Å². The lowest BCUT2D eigenvalue weighted by molar-refractivity contribution is 0.00825. The van der Waals surface area contributed by atoms with Gasteiger partial charge in [0.05, 0.1) is 26.4 Å². The van der Waals surface area contributed by atoms with Gasteiger partial charge in [-0.1, -0.05) is 12.1 Å². The fourth-order valence-corrected chi connectivity index (χ4v) is 2.65. The summed E-state index contributed by atoms with van der Waals surface area (Å²) in [7, 11) is 3.71. The van der Waals surface area contributed by atoms with Crippen LogP contribution in [0.4, 0.5) is 0 Å². The normalized spacial score (nSPS) is 17.9. The summed E-state index contributed by atoms with van der Waals surface area (Å²) in [5.74, 6) is 0.870. The summed E-state index contributed by atoms with van der Waals surface area (Å²) in [6.07, 6.45) is -0.335. The number of methoxy groups -OCH3 is 1. The summed E-state index contributed by atoms with van der Waals surface area (Å²) in [6.45, 7) is 5.55. The first-order valence-corrected chi connectivity index (χ1v) is 7.47. The van der Waals surface area contributed by atoms with E-state index >= 15 is 0 Å². The fraction of sp³-hybridized carbons (Fsp3) is 0.625. The third-order valence-electron chi connectivity index (χ3n) is 3.68. The number of hydrogen-bond acceptors (Lipinski definition) is 5. The van der Waals surface area contributed by atoms with Crippen LogP contribution in [0, 0.1) is 0 Å². The average molecular weight is 294 g/mol. The predicted octanol–water partition coefficient (Wildman–Crippen LogP) is 0.820. The molecule has 2 rings (SSSR count). The van der Waals surface area contributed by atoms with Crippen LogP contribution in [0.15, 0.2) is 24.3 Å². The summed E-state index contributed by atoms with van der Waals surface area (Å²) >= 11 is 0. The Balaban J connectivity index is 1.75. The highest BCUT2D eigenvalue weighted by Gasteiger charge is 2.16. The van der Waals surface area contributed by atoms with Gasteiger partial charge in [0.2, 0.25) is 0 Å². The molecule has 0 saturated carbocycles. The summed E-state index contributed by atoms with van der Waals surface area (Å²) in [4.78, 5) is 4.40. The van der Waals surface area contributed by atoms with E-state index in [-0.39, 0.29) is 6.10 Å². The minimum Gasteiger partial charge on any atom is -0.497 e. The molecule has 0 spiro atoms. The molecule has 5 nitrogen and oxygen atoms in total. The molecule has 21 heavy (non-hydrogen) atoms. The zero-order valence-corrected chi connectivity index (χ0v) is 13.0. The Labute approximate surface area is 127 Å². The molecule has 1 aromatic carbocycles. The van der Waals surface area contributed by atoms with E-state index in [0.29, 0.717) is 13.1 Å². The Morgan fingerprint density at radius 2 is 2.14 bits per heavy atom. The van der Waals surface area contributed by atoms with Crippen LogP contribution in [0.2, 0.25) is 0 Å². The standard InChI is InChI=1S/C16H26N2O3/c1-17(11-14-4-3-5-16(10-14)20-2)12-15(19)13-18-6-8-21-9-7-18/h3-5,10,15,19H,6-9,11-13H2,1-2H3. The lowest BCUT2D eigenvalue weighted by atomic mass is 10.2. The first-order chi connectivity index (χ1) is 10.2. The monoisotopic (exact) mass is 294 g/mol. The maximum Gasteiger partial charge on any atom is 0.119 e. The number of aliphatic hydroxyl groups is 1. The van der Waals surface area contributed by atoms with Gasteiger partial charge in [-0.2, -0.15) is 0 Å². The van der Waals surface area contributed by atoms with Crippen molar-refractivity contribution in [2.75, 3.05) is 53.6 Å². The number of hydrogen-bond donors (Lipinski definition) is 1. The summed E-state index contributed by atoms with van der Waals surface area (Å²) in [5, 5.41) is 10.2. The molecule has 0 amide bonds. The Morgan fingerprint density at radius 3 is 2.86 bits per heavy atom. The molecule has 0 bridgehead atoms. The molecule has 1 unspecified atom stereocenters. The van der Waals surface area contributed by atoms with Crippen LogP contribution in [0.5, 0.6) is 5.75 Å². The summed E-state index contributed by atoms with van der Waals surface area (Å²) in [5.41, 5.74) is 1.19. The average Bonchev–Trinajstić information content (AvgIpc) is 2.48. The third-order valence-corrected chi connectivity index (χ3v) is 3.68. The SMILES string of the molecule is COc1cccc(CN(C)CC(O)CN2CCOCC2)c1. The lowest BCUT2D eigenvalue weighted by Gasteiger charge is -2.30. The molecule has 1 aromatic rings. The second-order valence-electron chi connectivity index (χ2n) is 5.62. The van der Waals surface area contributed by atoms with Gasteiger partial charge in [0.1, 0.15) is 5.75 Å². The molecule has 0 aromatic heterocycles. The van der Waals surface area contributed by atoms with E-state index in [1.165, 1.54) is 5.56 Å². The molecule has 1 fully saturated rings. The van der Waals surface area contributed by atoms with Crippen molar-refractivity contribution in [1.82, 2.24) is 9.80 Å². The molecule has 1 aliphatic rings. The van der Waals surface area contributed by atoms with E-state index in [1.54, 1.807) is 7.11 Å². The van der Waals surface area contributed by atoms with Crippen molar-refractivity contribution in [3.8, 4) is 5.75 Å². The Morgan fingerprint density at radius 1 is 1.38 bits per heavy atom. The topological polar surface area (TPSA) is 45.2 Å². The van der Waals surface area contributed by atoms with Gasteiger partial charge in [-0.25, -0.2) is 0 Å². The number of aliphatic hydroxyl groups excluding tert-OH is 1. The minimum absolute atomic E-state index is 0.335. The zero-order valence-electron chi connectivity index (χ0n) is 13.0. The van der Waals surface area contributed by atoms with Gasteiger partial charge in [0, 0.05) is 32.7 Å². The van der Waals surface area contributed by atoms with Crippen LogP contribution < -0.4 is 4.74 Å². The smallest absolute Gasteiger partial charge is 0.119 e. The maximum absolute atomic E-state index is 10.2. The van der Waals surface area contributed by atoms with Crippen molar-refractivity contribution in [1.29, 1.82) is 0 Å². The quantitative estimate of drug-likeness (QED) is 0.807. The van der Waals surface area contributed by atoms with Crippen LogP contribution in [-0.2, 0) is 11.3 Å². The van der Waals surface area contributed by atoms with Gasteiger partial charge in [-0.15, -0.1) is 0 Å². The van der Waals surface area contributed by atoms with Gasteiger partial charge in [-0.05, 0) is 24.7 Å². The minimum atomic E-state index is -0.335. The van der Waals surface area contributed by atoms with E-state index < -0.39 is 0 Å². The van der Waals surface area contributed by atoms with Crippen molar-refractivity contribution >= 4 is 0 Å². The molecule has 118 valence electrons. The molecule has 1 atom stereocenters. The molecule has 1 saturated heterocycles. The highest BCUT2D eigenvalue weighted by molar-refractivity contribution is 5.28. The Hall–Kier alpha value is -1.14. The number of morpholine rings is 1. The molecule has 0 aliphatic carbocycles. The van der Waals surface area contributed by atoms with Crippen LogP contribution in [-0.4, -0.2) is 74.6 Å². The second-order valence-corrected chi connectivity index (χ2v) is 5.62. The van der Waals surface area contributed by atoms with Crippen LogP contribution in [0.25, 0.3) is 0 Å². The molecule has 5 heteroatoms. The first kappa shape index (κ1) is 16.2. The third kappa shape index (κ3) is 5.63. The second kappa shape index (κ2) is 8.34. The van der Waals surface area contributed by atoms with Crippen LogP contribution in [0.3, 0.4) is 0 Å². The van der Waals surface area contributed by atoms with E-state index in [4.69, 9.17) is 9.47 Å². The molecular weight excluding hydrogens is 268 g/mol. The number of ether oxygens (including phenoxy) is 2. The number of nitrogens with zero attached hydrogens (tertiary/aromatic N) is 2. The molecule has 1 heterocycles. The number of benzene rings is 1. The lowest BCUT2D eigenvalue weighted by Crippen LogP contribution is -2.43. The summed E-state index contributed by atoms with van der Waals surface area (Å²) in [6, 6.07) is 8.04. The van der Waals surface area contributed by atoms with Crippen molar-refractivity contribution in [2.24, 2.45) is 0 Å². The predicted molar refractivity (Wildman–Crippen MR) is 82.6 cm³/mol.